The molecule has 1 saturated heterocycles. The lowest BCUT2D eigenvalue weighted by molar-refractivity contribution is 0.163. The molecule has 2 rings (SSSR count). The maximum atomic E-state index is 4.78. The summed E-state index contributed by atoms with van der Waals surface area (Å²) in [5, 5.41) is 7.14. The molecular formula is C17H31N3S. The molecular weight excluding hydrogens is 278 g/mol. The summed E-state index contributed by atoms with van der Waals surface area (Å²) in [4.78, 5) is 7.36. The second-order valence-electron chi connectivity index (χ2n) is 7.13. The first-order chi connectivity index (χ1) is 10.0. The van der Waals surface area contributed by atoms with Gasteiger partial charge in [0.1, 0.15) is 0 Å². The average molecular weight is 310 g/mol. The Labute approximate surface area is 134 Å². The Kier molecular flexibility index (Phi) is 6.65. The minimum atomic E-state index is 0.554. The van der Waals surface area contributed by atoms with Gasteiger partial charge in [0.2, 0.25) is 0 Å². The molecule has 1 aromatic heterocycles. The van der Waals surface area contributed by atoms with Crippen molar-refractivity contribution < 1.29 is 0 Å². The van der Waals surface area contributed by atoms with E-state index < -0.39 is 0 Å². The van der Waals surface area contributed by atoms with Gasteiger partial charge in [0.25, 0.3) is 0 Å². The van der Waals surface area contributed by atoms with Crippen LogP contribution in [0.15, 0.2) is 5.38 Å². The van der Waals surface area contributed by atoms with E-state index in [2.05, 4.69) is 43.3 Å². The van der Waals surface area contributed by atoms with Gasteiger partial charge in [0.05, 0.1) is 10.7 Å². The SMILES string of the molecule is CC(C)CNCC1CCCN(Cc2csc(C(C)C)n2)C1. The van der Waals surface area contributed by atoms with Crippen LogP contribution < -0.4 is 5.32 Å². The first-order valence-electron chi connectivity index (χ1n) is 8.42. The van der Waals surface area contributed by atoms with Crippen molar-refractivity contribution in [1.29, 1.82) is 0 Å². The summed E-state index contributed by atoms with van der Waals surface area (Å²) in [5.74, 6) is 2.10. The van der Waals surface area contributed by atoms with Crippen molar-refractivity contribution in [3.63, 3.8) is 0 Å². The van der Waals surface area contributed by atoms with Gasteiger partial charge in [-0.05, 0) is 44.3 Å². The number of hydrogen-bond acceptors (Lipinski definition) is 4. The van der Waals surface area contributed by atoms with E-state index in [1.807, 2.05) is 11.3 Å². The minimum absolute atomic E-state index is 0.554. The van der Waals surface area contributed by atoms with Gasteiger partial charge in [0.15, 0.2) is 0 Å². The first-order valence-corrected chi connectivity index (χ1v) is 9.30. The summed E-state index contributed by atoms with van der Waals surface area (Å²) >= 11 is 1.81. The van der Waals surface area contributed by atoms with E-state index in [0.29, 0.717) is 5.92 Å². The zero-order chi connectivity index (χ0) is 15.2. The van der Waals surface area contributed by atoms with Crippen molar-refractivity contribution in [2.75, 3.05) is 26.2 Å². The van der Waals surface area contributed by atoms with Crippen molar-refractivity contribution in [2.24, 2.45) is 11.8 Å². The number of likely N-dealkylation sites (tertiary alicyclic amines) is 1. The van der Waals surface area contributed by atoms with Crippen LogP contribution in [0.3, 0.4) is 0 Å². The summed E-state index contributed by atoms with van der Waals surface area (Å²) in [6.45, 7) is 14.8. The normalized spacial score (nSPS) is 20.6. The van der Waals surface area contributed by atoms with Gasteiger partial charge >= 0.3 is 0 Å². The van der Waals surface area contributed by atoms with E-state index >= 15 is 0 Å². The van der Waals surface area contributed by atoms with Gasteiger partial charge in [-0.1, -0.05) is 27.7 Å². The van der Waals surface area contributed by atoms with Crippen molar-refractivity contribution >= 4 is 11.3 Å². The predicted molar refractivity (Wildman–Crippen MR) is 91.9 cm³/mol. The number of nitrogens with one attached hydrogen (secondary N) is 1. The molecule has 4 heteroatoms. The molecule has 0 bridgehead atoms. The molecule has 0 radical (unpaired) electrons. The van der Waals surface area contributed by atoms with Crippen LogP contribution in [0.1, 0.15) is 57.2 Å². The zero-order valence-electron chi connectivity index (χ0n) is 14.1. The van der Waals surface area contributed by atoms with Crippen molar-refractivity contribution in [1.82, 2.24) is 15.2 Å². The summed E-state index contributed by atoms with van der Waals surface area (Å²) in [6, 6.07) is 0. The van der Waals surface area contributed by atoms with Crippen LogP contribution in [0.4, 0.5) is 0 Å². The van der Waals surface area contributed by atoms with E-state index in [4.69, 9.17) is 4.98 Å². The highest BCUT2D eigenvalue weighted by Crippen LogP contribution is 2.22. The van der Waals surface area contributed by atoms with E-state index in [-0.39, 0.29) is 0 Å². The largest absolute Gasteiger partial charge is 0.316 e. The van der Waals surface area contributed by atoms with Crippen LogP contribution in [-0.4, -0.2) is 36.1 Å². The third kappa shape index (κ3) is 5.68. The Morgan fingerprint density at radius 3 is 2.86 bits per heavy atom. The van der Waals surface area contributed by atoms with Gasteiger partial charge in [-0.15, -0.1) is 11.3 Å². The molecule has 3 nitrogen and oxygen atoms in total. The van der Waals surface area contributed by atoms with Crippen LogP contribution >= 0.6 is 11.3 Å². The molecule has 1 N–H and O–H groups in total. The molecule has 0 spiro atoms. The highest BCUT2D eigenvalue weighted by atomic mass is 32.1. The first kappa shape index (κ1) is 16.9. The fourth-order valence-corrected chi connectivity index (χ4v) is 3.75. The average Bonchev–Trinajstić information content (AvgIpc) is 2.87. The third-order valence-electron chi connectivity index (χ3n) is 4.04. The van der Waals surface area contributed by atoms with Crippen LogP contribution in [0.25, 0.3) is 0 Å². The highest BCUT2D eigenvalue weighted by molar-refractivity contribution is 7.09. The molecule has 1 aromatic rings. The third-order valence-corrected chi connectivity index (χ3v) is 5.23. The Morgan fingerprint density at radius 1 is 1.38 bits per heavy atom. The topological polar surface area (TPSA) is 28.2 Å². The zero-order valence-corrected chi connectivity index (χ0v) is 14.9. The van der Waals surface area contributed by atoms with E-state index in [1.54, 1.807) is 0 Å². The van der Waals surface area contributed by atoms with Crippen LogP contribution in [-0.2, 0) is 6.54 Å². The molecule has 2 heterocycles. The van der Waals surface area contributed by atoms with E-state index in [1.165, 1.54) is 43.2 Å². The molecule has 0 aromatic carbocycles. The number of rotatable bonds is 7. The second kappa shape index (κ2) is 8.25. The number of thiazole rings is 1. The summed E-state index contributed by atoms with van der Waals surface area (Å²) < 4.78 is 0. The summed E-state index contributed by atoms with van der Waals surface area (Å²) in [6.07, 6.45) is 2.70. The van der Waals surface area contributed by atoms with Gasteiger partial charge in [-0.2, -0.15) is 0 Å². The van der Waals surface area contributed by atoms with Gasteiger partial charge in [-0.3, -0.25) is 4.90 Å². The molecule has 0 saturated carbocycles. The molecule has 120 valence electrons. The van der Waals surface area contributed by atoms with Crippen molar-refractivity contribution in [3.05, 3.63) is 16.1 Å². The standard InChI is InChI=1S/C17H31N3S/c1-13(2)8-18-9-15-6-5-7-20(10-15)11-16-12-21-17(19-16)14(3)4/h12-15,18H,5-11H2,1-4H3. The number of aromatic nitrogens is 1. The lowest BCUT2D eigenvalue weighted by atomic mass is 9.97. The van der Waals surface area contributed by atoms with Crippen LogP contribution in [0.2, 0.25) is 0 Å². The molecule has 1 aliphatic heterocycles. The number of piperidine rings is 1. The molecule has 1 aliphatic rings. The minimum Gasteiger partial charge on any atom is -0.316 e. The molecule has 21 heavy (non-hydrogen) atoms. The fraction of sp³-hybridized carbons (Fsp3) is 0.824. The molecule has 0 amide bonds. The van der Waals surface area contributed by atoms with Crippen LogP contribution in [0.5, 0.6) is 0 Å². The summed E-state index contributed by atoms with van der Waals surface area (Å²) in [7, 11) is 0. The number of nitrogens with zero attached hydrogens (tertiary/aromatic N) is 2. The van der Waals surface area contributed by atoms with Crippen LogP contribution in [0, 0.1) is 11.8 Å². The quantitative estimate of drug-likeness (QED) is 0.832. The smallest absolute Gasteiger partial charge is 0.0954 e. The lowest BCUT2D eigenvalue weighted by Gasteiger charge is -2.32. The monoisotopic (exact) mass is 309 g/mol. The highest BCUT2D eigenvalue weighted by Gasteiger charge is 2.20. The lowest BCUT2D eigenvalue weighted by Crippen LogP contribution is -2.39. The van der Waals surface area contributed by atoms with E-state index in [9.17, 15) is 0 Å². The number of hydrogen-bond donors (Lipinski definition) is 1. The van der Waals surface area contributed by atoms with E-state index in [0.717, 1.165) is 24.9 Å². The molecule has 1 atom stereocenters. The maximum absolute atomic E-state index is 4.78. The Balaban J connectivity index is 1.77. The molecule has 0 aliphatic carbocycles. The van der Waals surface area contributed by atoms with Crippen molar-refractivity contribution in [3.8, 4) is 0 Å². The van der Waals surface area contributed by atoms with Gasteiger partial charge in [-0.25, -0.2) is 4.98 Å². The fourth-order valence-electron chi connectivity index (χ4n) is 2.93. The Morgan fingerprint density at radius 2 is 2.19 bits per heavy atom. The summed E-state index contributed by atoms with van der Waals surface area (Å²) in [5.41, 5.74) is 1.26. The molecule has 1 fully saturated rings. The molecule has 1 unspecified atom stereocenters. The predicted octanol–water partition coefficient (Wildman–Crippen LogP) is 3.72. The second-order valence-corrected chi connectivity index (χ2v) is 8.02. The van der Waals surface area contributed by atoms with Crippen molar-refractivity contribution in [2.45, 2.75) is 53.0 Å². The van der Waals surface area contributed by atoms with Gasteiger partial charge < -0.3 is 5.32 Å². The maximum Gasteiger partial charge on any atom is 0.0954 e. The van der Waals surface area contributed by atoms with Gasteiger partial charge in [0, 0.05) is 24.4 Å². The Bertz CT molecular complexity index is 414. The Hall–Kier alpha value is -0.450.